The maximum atomic E-state index is 5.23. The number of fused-ring (bicyclic) bond motifs is 1. The molecule has 2 rings (SSSR count). The Labute approximate surface area is 137 Å². The summed E-state index contributed by atoms with van der Waals surface area (Å²) in [4.78, 5) is 16.2. The zero-order valence-corrected chi connectivity index (χ0v) is 14.8. The highest BCUT2D eigenvalue weighted by atomic mass is 16.5. The van der Waals surface area contributed by atoms with Crippen LogP contribution in [0, 0.1) is 13.8 Å². The summed E-state index contributed by atoms with van der Waals surface area (Å²) in [5.41, 5.74) is 1.76. The van der Waals surface area contributed by atoms with Gasteiger partial charge < -0.3 is 18.9 Å². The standard InChI is InChI=1S/C16H27N5O2/c1-6-7-21-13(3)19-14-15(17-12(2)18-16(14)21)20(8-10-22-4)9-11-23-5/h6-11H2,1-5H3. The van der Waals surface area contributed by atoms with Crippen molar-refractivity contribution >= 4 is 17.0 Å². The lowest BCUT2D eigenvalue weighted by Gasteiger charge is -2.23. The normalized spacial score (nSPS) is 11.3. The highest BCUT2D eigenvalue weighted by Crippen LogP contribution is 2.24. The number of anilines is 1. The van der Waals surface area contributed by atoms with E-state index < -0.39 is 0 Å². The number of hydrogen-bond acceptors (Lipinski definition) is 6. The Morgan fingerprint density at radius 3 is 2.22 bits per heavy atom. The van der Waals surface area contributed by atoms with Crippen molar-refractivity contribution in [3.05, 3.63) is 11.6 Å². The van der Waals surface area contributed by atoms with E-state index in [4.69, 9.17) is 14.5 Å². The van der Waals surface area contributed by atoms with E-state index in [1.165, 1.54) is 0 Å². The van der Waals surface area contributed by atoms with Gasteiger partial charge in [0, 0.05) is 33.9 Å². The van der Waals surface area contributed by atoms with Crippen molar-refractivity contribution < 1.29 is 9.47 Å². The Bertz CT molecular complexity index is 633. The predicted molar refractivity (Wildman–Crippen MR) is 91.1 cm³/mol. The van der Waals surface area contributed by atoms with Gasteiger partial charge in [0.25, 0.3) is 0 Å². The van der Waals surface area contributed by atoms with Crippen LogP contribution in [0.2, 0.25) is 0 Å². The minimum Gasteiger partial charge on any atom is -0.383 e. The fraction of sp³-hybridized carbons (Fsp3) is 0.688. The SMILES string of the molecule is CCCn1c(C)nc2c(N(CCOC)CCOC)nc(C)nc21. The van der Waals surface area contributed by atoms with Gasteiger partial charge in [-0.3, -0.25) is 0 Å². The van der Waals surface area contributed by atoms with Crippen LogP contribution in [0.15, 0.2) is 0 Å². The van der Waals surface area contributed by atoms with E-state index in [9.17, 15) is 0 Å². The maximum Gasteiger partial charge on any atom is 0.165 e. The molecule has 0 bridgehead atoms. The Kier molecular flexibility index (Phi) is 6.29. The average Bonchev–Trinajstić information content (AvgIpc) is 2.84. The molecule has 2 aromatic rings. The van der Waals surface area contributed by atoms with E-state index >= 15 is 0 Å². The smallest absolute Gasteiger partial charge is 0.165 e. The fourth-order valence-corrected chi connectivity index (χ4v) is 2.64. The molecule has 0 saturated heterocycles. The third-order valence-electron chi connectivity index (χ3n) is 3.76. The molecule has 0 aliphatic rings. The molecule has 0 unspecified atom stereocenters. The summed E-state index contributed by atoms with van der Waals surface area (Å²) in [7, 11) is 3.41. The minimum absolute atomic E-state index is 0.628. The summed E-state index contributed by atoms with van der Waals surface area (Å²) in [6, 6.07) is 0. The second kappa shape index (κ2) is 8.21. The number of nitrogens with zero attached hydrogens (tertiary/aromatic N) is 5. The predicted octanol–water partition coefficient (Wildman–Crippen LogP) is 1.95. The van der Waals surface area contributed by atoms with E-state index in [0.29, 0.717) is 13.2 Å². The topological polar surface area (TPSA) is 65.3 Å². The molecule has 0 saturated carbocycles. The molecule has 23 heavy (non-hydrogen) atoms. The Balaban J connectivity index is 2.49. The van der Waals surface area contributed by atoms with Crippen LogP contribution in [0.25, 0.3) is 11.2 Å². The molecular weight excluding hydrogens is 294 g/mol. The molecule has 128 valence electrons. The van der Waals surface area contributed by atoms with Gasteiger partial charge in [-0.15, -0.1) is 0 Å². The molecule has 0 atom stereocenters. The number of imidazole rings is 1. The van der Waals surface area contributed by atoms with Crippen LogP contribution in [0.1, 0.15) is 25.0 Å². The first-order chi connectivity index (χ1) is 11.1. The van der Waals surface area contributed by atoms with E-state index in [1.807, 2.05) is 13.8 Å². The molecule has 0 aliphatic heterocycles. The lowest BCUT2D eigenvalue weighted by atomic mass is 10.3. The van der Waals surface area contributed by atoms with Crippen LogP contribution < -0.4 is 4.90 Å². The molecule has 0 fully saturated rings. The number of aryl methyl sites for hydroxylation is 3. The zero-order valence-electron chi connectivity index (χ0n) is 14.8. The van der Waals surface area contributed by atoms with E-state index in [-0.39, 0.29) is 0 Å². The van der Waals surface area contributed by atoms with Crippen LogP contribution in [0.4, 0.5) is 5.82 Å². The number of rotatable bonds is 9. The van der Waals surface area contributed by atoms with Gasteiger partial charge in [0.2, 0.25) is 0 Å². The number of methoxy groups -OCH3 is 2. The highest BCUT2D eigenvalue weighted by molar-refractivity contribution is 5.84. The minimum atomic E-state index is 0.628. The second-order valence-electron chi connectivity index (χ2n) is 5.55. The molecule has 0 aliphatic carbocycles. The Morgan fingerprint density at radius 2 is 1.65 bits per heavy atom. The van der Waals surface area contributed by atoms with Gasteiger partial charge >= 0.3 is 0 Å². The molecule has 2 heterocycles. The van der Waals surface area contributed by atoms with Crippen molar-refractivity contribution in [3.63, 3.8) is 0 Å². The third kappa shape index (κ3) is 3.97. The monoisotopic (exact) mass is 321 g/mol. The van der Waals surface area contributed by atoms with Crippen molar-refractivity contribution in [1.29, 1.82) is 0 Å². The average molecular weight is 321 g/mol. The molecule has 0 aromatic carbocycles. The Hall–Kier alpha value is -1.73. The van der Waals surface area contributed by atoms with Gasteiger partial charge in [0.15, 0.2) is 17.0 Å². The first-order valence-corrected chi connectivity index (χ1v) is 8.06. The lowest BCUT2D eigenvalue weighted by molar-refractivity contribution is 0.190. The molecule has 7 heteroatoms. The molecule has 7 nitrogen and oxygen atoms in total. The second-order valence-corrected chi connectivity index (χ2v) is 5.55. The van der Waals surface area contributed by atoms with E-state index in [2.05, 4.69) is 26.4 Å². The van der Waals surface area contributed by atoms with Gasteiger partial charge in [-0.05, 0) is 20.3 Å². The van der Waals surface area contributed by atoms with Gasteiger partial charge in [0.05, 0.1) is 13.2 Å². The van der Waals surface area contributed by atoms with Crippen molar-refractivity contribution in [3.8, 4) is 0 Å². The quantitative estimate of drug-likeness (QED) is 0.703. The van der Waals surface area contributed by atoms with E-state index in [1.54, 1.807) is 14.2 Å². The number of ether oxygens (including phenoxy) is 2. The zero-order chi connectivity index (χ0) is 16.8. The van der Waals surface area contributed by atoms with Crippen LogP contribution in [-0.4, -0.2) is 60.0 Å². The van der Waals surface area contributed by atoms with Crippen LogP contribution in [0.5, 0.6) is 0 Å². The molecule has 0 amide bonds. The molecule has 2 aromatic heterocycles. The largest absolute Gasteiger partial charge is 0.383 e. The number of hydrogen-bond donors (Lipinski definition) is 0. The third-order valence-corrected chi connectivity index (χ3v) is 3.76. The summed E-state index contributed by atoms with van der Waals surface area (Å²) in [6.45, 7) is 9.75. The summed E-state index contributed by atoms with van der Waals surface area (Å²) in [6.07, 6.45) is 1.04. The van der Waals surface area contributed by atoms with Crippen LogP contribution in [-0.2, 0) is 16.0 Å². The van der Waals surface area contributed by atoms with Gasteiger partial charge in [-0.25, -0.2) is 15.0 Å². The molecule has 0 spiro atoms. The van der Waals surface area contributed by atoms with Crippen LogP contribution in [0.3, 0.4) is 0 Å². The van der Waals surface area contributed by atoms with Crippen molar-refractivity contribution in [1.82, 2.24) is 19.5 Å². The Morgan fingerprint density at radius 1 is 1.00 bits per heavy atom. The van der Waals surface area contributed by atoms with Crippen molar-refractivity contribution in [2.75, 3.05) is 45.4 Å². The van der Waals surface area contributed by atoms with Gasteiger partial charge in [-0.1, -0.05) is 6.92 Å². The number of aromatic nitrogens is 4. The van der Waals surface area contributed by atoms with Crippen molar-refractivity contribution in [2.45, 2.75) is 33.7 Å². The summed E-state index contributed by atoms with van der Waals surface area (Å²) < 4.78 is 12.6. The first kappa shape index (κ1) is 17.6. The van der Waals surface area contributed by atoms with Gasteiger partial charge in [0.1, 0.15) is 11.6 Å². The molecule has 0 N–H and O–H groups in total. The maximum absolute atomic E-state index is 5.23. The van der Waals surface area contributed by atoms with Crippen molar-refractivity contribution in [2.24, 2.45) is 0 Å². The van der Waals surface area contributed by atoms with Crippen LogP contribution >= 0.6 is 0 Å². The molecular formula is C16H27N5O2. The fourth-order valence-electron chi connectivity index (χ4n) is 2.64. The summed E-state index contributed by atoms with van der Waals surface area (Å²) in [5, 5.41) is 0. The first-order valence-electron chi connectivity index (χ1n) is 8.06. The molecule has 0 radical (unpaired) electrons. The highest BCUT2D eigenvalue weighted by Gasteiger charge is 2.19. The summed E-state index contributed by atoms with van der Waals surface area (Å²) >= 11 is 0. The lowest BCUT2D eigenvalue weighted by Crippen LogP contribution is -2.32. The summed E-state index contributed by atoms with van der Waals surface area (Å²) in [5.74, 6) is 2.59. The van der Waals surface area contributed by atoms with E-state index in [0.717, 1.165) is 54.7 Å². The van der Waals surface area contributed by atoms with Gasteiger partial charge in [-0.2, -0.15) is 0 Å².